The number of rotatable bonds is 5. The number of hydrogen-bond donors (Lipinski definition) is 2. The second kappa shape index (κ2) is 6.14. The topological polar surface area (TPSA) is 97.4 Å². The molecule has 0 saturated carbocycles. The predicted octanol–water partition coefficient (Wildman–Crippen LogP) is 1.23. The van der Waals surface area contributed by atoms with E-state index in [0.29, 0.717) is 6.54 Å². The van der Waals surface area contributed by atoms with Crippen molar-refractivity contribution in [2.75, 3.05) is 19.6 Å². The zero-order valence-corrected chi connectivity index (χ0v) is 10.3. The lowest BCUT2D eigenvalue weighted by molar-refractivity contribution is -0.402. The van der Waals surface area contributed by atoms with Crippen LogP contribution in [0.2, 0.25) is 0 Å². The van der Waals surface area contributed by atoms with Gasteiger partial charge in [-0.25, -0.2) is 0 Å². The number of amides is 1. The van der Waals surface area contributed by atoms with E-state index >= 15 is 0 Å². The molecule has 0 saturated heterocycles. The zero-order valence-electron chi connectivity index (χ0n) is 10.3. The Morgan fingerprint density at radius 3 is 3.00 bits per heavy atom. The van der Waals surface area contributed by atoms with Crippen LogP contribution >= 0.6 is 0 Å². The van der Waals surface area contributed by atoms with Gasteiger partial charge in [-0.05, 0) is 25.5 Å². The minimum atomic E-state index is -0.670. The van der Waals surface area contributed by atoms with Crippen LogP contribution in [-0.2, 0) is 0 Å². The molecule has 0 spiro atoms. The first kappa shape index (κ1) is 13.3. The highest BCUT2D eigenvalue weighted by molar-refractivity contribution is 5.91. The molecule has 102 valence electrons. The van der Waals surface area contributed by atoms with E-state index in [2.05, 4.69) is 16.7 Å². The largest absolute Gasteiger partial charge is 0.433 e. The Bertz CT molecular complexity index is 507. The van der Waals surface area contributed by atoms with Crippen LogP contribution in [0.4, 0.5) is 5.88 Å². The molecule has 2 heterocycles. The van der Waals surface area contributed by atoms with Gasteiger partial charge in [0.1, 0.15) is 4.92 Å². The minimum Gasteiger partial charge on any atom is -0.395 e. The van der Waals surface area contributed by atoms with Crippen LogP contribution in [0.15, 0.2) is 28.2 Å². The van der Waals surface area contributed by atoms with E-state index in [-0.39, 0.29) is 5.76 Å². The quantitative estimate of drug-likeness (QED) is 0.474. The molecule has 0 fully saturated rings. The van der Waals surface area contributed by atoms with Crippen molar-refractivity contribution in [3.8, 4) is 0 Å². The van der Waals surface area contributed by atoms with Crippen molar-refractivity contribution in [3.05, 3.63) is 39.7 Å². The summed E-state index contributed by atoms with van der Waals surface area (Å²) >= 11 is 0. The van der Waals surface area contributed by atoms with Gasteiger partial charge >= 0.3 is 5.88 Å². The summed E-state index contributed by atoms with van der Waals surface area (Å²) in [5, 5.41) is 16.3. The predicted molar refractivity (Wildman–Crippen MR) is 67.9 cm³/mol. The standard InChI is InChI=1S/C12H15N3O4/c16-12(10-1-2-11(19-10)15(17)18)14-8-5-9-3-6-13-7-4-9/h1-3,13H,4-8H2,(H,14,16). The van der Waals surface area contributed by atoms with Crippen molar-refractivity contribution in [1.29, 1.82) is 0 Å². The van der Waals surface area contributed by atoms with E-state index in [1.807, 2.05) is 0 Å². The van der Waals surface area contributed by atoms with E-state index in [1.54, 1.807) is 0 Å². The van der Waals surface area contributed by atoms with Crippen molar-refractivity contribution < 1.29 is 14.1 Å². The van der Waals surface area contributed by atoms with Crippen LogP contribution in [0.25, 0.3) is 0 Å². The fraction of sp³-hybridized carbons (Fsp3) is 0.417. The summed E-state index contributed by atoms with van der Waals surface area (Å²) in [5.41, 5.74) is 1.31. The molecule has 19 heavy (non-hydrogen) atoms. The summed E-state index contributed by atoms with van der Waals surface area (Å²) < 4.78 is 4.81. The molecule has 0 aromatic carbocycles. The van der Waals surface area contributed by atoms with Crippen LogP contribution in [0.3, 0.4) is 0 Å². The molecule has 0 radical (unpaired) electrons. The van der Waals surface area contributed by atoms with Gasteiger partial charge in [0.2, 0.25) is 0 Å². The Hall–Kier alpha value is -2.15. The number of nitrogens with one attached hydrogen (secondary N) is 2. The first-order chi connectivity index (χ1) is 9.16. The molecule has 2 N–H and O–H groups in total. The fourth-order valence-electron chi connectivity index (χ4n) is 1.87. The van der Waals surface area contributed by atoms with Gasteiger partial charge < -0.3 is 15.1 Å². The van der Waals surface area contributed by atoms with Gasteiger partial charge in [-0.15, -0.1) is 0 Å². The summed E-state index contributed by atoms with van der Waals surface area (Å²) in [6, 6.07) is 2.47. The molecule has 0 bridgehead atoms. The van der Waals surface area contributed by atoms with Crippen LogP contribution in [-0.4, -0.2) is 30.5 Å². The Morgan fingerprint density at radius 1 is 1.53 bits per heavy atom. The Balaban J connectivity index is 1.80. The maximum absolute atomic E-state index is 11.7. The van der Waals surface area contributed by atoms with Gasteiger partial charge in [0.15, 0.2) is 5.76 Å². The molecular formula is C12H15N3O4. The van der Waals surface area contributed by atoms with Gasteiger partial charge in [0.05, 0.1) is 6.07 Å². The van der Waals surface area contributed by atoms with E-state index in [1.165, 1.54) is 17.7 Å². The highest BCUT2D eigenvalue weighted by Gasteiger charge is 2.16. The lowest BCUT2D eigenvalue weighted by Crippen LogP contribution is -2.26. The highest BCUT2D eigenvalue weighted by Crippen LogP contribution is 2.15. The smallest absolute Gasteiger partial charge is 0.395 e. The Kier molecular flexibility index (Phi) is 4.30. The maximum atomic E-state index is 11.7. The fourth-order valence-corrected chi connectivity index (χ4v) is 1.87. The van der Waals surface area contributed by atoms with Gasteiger partial charge in [0.25, 0.3) is 5.91 Å². The average molecular weight is 265 g/mol. The monoisotopic (exact) mass is 265 g/mol. The lowest BCUT2D eigenvalue weighted by atomic mass is 10.1. The maximum Gasteiger partial charge on any atom is 0.433 e. The molecule has 1 amide bonds. The molecule has 0 atom stereocenters. The molecule has 2 rings (SSSR count). The summed E-state index contributed by atoms with van der Waals surface area (Å²) in [6.45, 7) is 2.33. The normalized spacial score (nSPS) is 14.8. The molecule has 7 nitrogen and oxygen atoms in total. The Labute approximate surface area is 109 Å². The molecular weight excluding hydrogens is 250 g/mol. The molecule has 0 aliphatic carbocycles. The third kappa shape index (κ3) is 3.65. The number of hydrogen-bond acceptors (Lipinski definition) is 5. The zero-order chi connectivity index (χ0) is 13.7. The first-order valence-electron chi connectivity index (χ1n) is 6.08. The van der Waals surface area contributed by atoms with Crippen LogP contribution < -0.4 is 10.6 Å². The molecule has 1 aromatic heterocycles. The first-order valence-corrected chi connectivity index (χ1v) is 6.08. The second-order valence-electron chi connectivity index (χ2n) is 4.22. The van der Waals surface area contributed by atoms with Crippen molar-refractivity contribution in [2.45, 2.75) is 12.8 Å². The van der Waals surface area contributed by atoms with Crippen molar-refractivity contribution in [1.82, 2.24) is 10.6 Å². The van der Waals surface area contributed by atoms with Crippen molar-refractivity contribution in [3.63, 3.8) is 0 Å². The Morgan fingerprint density at radius 2 is 2.37 bits per heavy atom. The summed E-state index contributed by atoms with van der Waals surface area (Å²) in [7, 11) is 0. The van der Waals surface area contributed by atoms with Gasteiger partial charge in [-0.1, -0.05) is 11.6 Å². The van der Waals surface area contributed by atoms with Gasteiger partial charge in [-0.3, -0.25) is 14.9 Å². The number of nitrogens with zero attached hydrogens (tertiary/aromatic N) is 1. The van der Waals surface area contributed by atoms with Crippen molar-refractivity contribution in [2.24, 2.45) is 0 Å². The molecule has 1 aromatic rings. The van der Waals surface area contributed by atoms with Crippen LogP contribution in [0.5, 0.6) is 0 Å². The average Bonchev–Trinajstić information content (AvgIpc) is 2.89. The third-order valence-corrected chi connectivity index (χ3v) is 2.89. The van der Waals surface area contributed by atoms with E-state index < -0.39 is 16.7 Å². The molecule has 0 unspecified atom stereocenters. The molecule has 1 aliphatic heterocycles. The SMILES string of the molecule is O=C(NCCC1=CCNCC1)c1ccc([N+](=O)[O-])o1. The number of nitro groups is 1. The number of carbonyl (C=O) groups is 1. The highest BCUT2D eigenvalue weighted by atomic mass is 16.6. The van der Waals surface area contributed by atoms with E-state index in [0.717, 1.165) is 25.9 Å². The number of furan rings is 1. The van der Waals surface area contributed by atoms with Crippen LogP contribution in [0.1, 0.15) is 23.4 Å². The minimum absolute atomic E-state index is 0.0361. The molecule has 7 heteroatoms. The summed E-state index contributed by atoms with van der Waals surface area (Å²) in [4.78, 5) is 21.4. The van der Waals surface area contributed by atoms with Crippen LogP contribution in [0, 0.1) is 10.1 Å². The molecule has 1 aliphatic rings. The summed E-state index contributed by atoms with van der Waals surface area (Å²) in [5.74, 6) is -0.889. The van der Waals surface area contributed by atoms with Gasteiger partial charge in [-0.2, -0.15) is 0 Å². The van der Waals surface area contributed by atoms with E-state index in [9.17, 15) is 14.9 Å². The van der Waals surface area contributed by atoms with Crippen molar-refractivity contribution >= 4 is 11.8 Å². The number of carbonyl (C=O) groups excluding carboxylic acids is 1. The van der Waals surface area contributed by atoms with Gasteiger partial charge in [0, 0.05) is 13.1 Å². The lowest BCUT2D eigenvalue weighted by Gasteiger charge is -2.13. The van der Waals surface area contributed by atoms with E-state index in [4.69, 9.17) is 4.42 Å². The second-order valence-corrected chi connectivity index (χ2v) is 4.22. The third-order valence-electron chi connectivity index (χ3n) is 2.89. The summed E-state index contributed by atoms with van der Waals surface area (Å²) in [6.07, 6.45) is 3.89.